The van der Waals surface area contributed by atoms with Gasteiger partial charge in [-0.1, -0.05) is 42.5 Å². The molecule has 2 heterocycles. The third kappa shape index (κ3) is 4.74. The Balaban J connectivity index is 1.49. The van der Waals surface area contributed by atoms with Gasteiger partial charge in [0, 0.05) is 24.1 Å². The summed E-state index contributed by atoms with van der Waals surface area (Å²) in [6.07, 6.45) is 1.62. The third-order valence-corrected chi connectivity index (χ3v) is 7.45. The number of aryl methyl sites for hydroxylation is 1. The van der Waals surface area contributed by atoms with Gasteiger partial charge in [0.15, 0.2) is 5.11 Å². The van der Waals surface area contributed by atoms with Crippen LogP contribution in [0.5, 0.6) is 0 Å². The minimum atomic E-state index is -0.532. The van der Waals surface area contributed by atoms with E-state index in [4.69, 9.17) is 17.0 Å². The molecule has 40 heavy (non-hydrogen) atoms. The molecule has 1 aromatic heterocycles. The first kappa shape index (κ1) is 26.8. The number of aromatic nitrogens is 1. The molecule has 1 aliphatic rings. The number of ether oxygens (including phenoxy) is 1. The molecule has 1 aliphatic heterocycles. The average molecular weight is 550 g/mol. The summed E-state index contributed by atoms with van der Waals surface area (Å²) in [6, 6.07) is 26.7. The van der Waals surface area contributed by atoms with Gasteiger partial charge in [-0.2, -0.15) is 0 Å². The molecule has 0 radical (unpaired) electrons. The van der Waals surface area contributed by atoms with Crippen LogP contribution < -0.4 is 4.90 Å². The maximum Gasteiger partial charge on any atom is 0.337 e. The van der Waals surface area contributed by atoms with E-state index in [1.54, 1.807) is 37.4 Å². The van der Waals surface area contributed by atoms with Crippen molar-refractivity contribution >= 4 is 46.9 Å². The zero-order valence-corrected chi connectivity index (χ0v) is 23.4. The second kappa shape index (κ2) is 10.7. The summed E-state index contributed by atoms with van der Waals surface area (Å²) in [5.41, 5.74) is 6.62. The van der Waals surface area contributed by atoms with Crippen molar-refractivity contribution in [1.29, 1.82) is 0 Å². The van der Waals surface area contributed by atoms with Crippen LogP contribution in [0.15, 0.2) is 90.5 Å². The lowest BCUT2D eigenvalue weighted by Gasteiger charge is -2.34. The number of hydrogen-bond donors (Lipinski definition) is 0. The summed E-state index contributed by atoms with van der Waals surface area (Å²) < 4.78 is 6.84. The topological polar surface area (TPSA) is 71.8 Å². The number of carbonyl (C=O) groups is 3. The Labute approximate surface area is 237 Å². The zero-order chi connectivity index (χ0) is 28.6. The molecule has 0 atom stereocenters. The molecule has 0 unspecified atom stereocenters. The van der Waals surface area contributed by atoms with E-state index in [1.165, 1.54) is 16.9 Å². The number of methoxy groups -OCH3 is 1. The summed E-state index contributed by atoms with van der Waals surface area (Å²) >= 11 is 5.46. The summed E-state index contributed by atoms with van der Waals surface area (Å²) in [7, 11) is 2.84. The van der Waals surface area contributed by atoms with E-state index in [0.29, 0.717) is 11.3 Å². The largest absolute Gasteiger partial charge is 0.465 e. The minimum absolute atomic E-state index is 0.00665. The quantitative estimate of drug-likeness (QED) is 0.138. The lowest BCUT2D eigenvalue weighted by molar-refractivity contribution is -0.127. The van der Waals surface area contributed by atoms with E-state index in [2.05, 4.69) is 41.0 Å². The van der Waals surface area contributed by atoms with E-state index in [0.717, 1.165) is 33.8 Å². The van der Waals surface area contributed by atoms with Gasteiger partial charge < -0.3 is 9.30 Å². The van der Waals surface area contributed by atoms with Crippen LogP contribution in [0.3, 0.4) is 0 Å². The summed E-state index contributed by atoms with van der Waals surface area (Å²) in [6.45, 7) is 3.95. The van der Waals surface area contributed by atoms with Gasteiger partial charge in [-0.25, -0.2) is 4.79 Å². The van der Waals surface area contributed by atoms with Gasteiger partial charge in [-0.05, 0) is 91.3 Å². The van der Waals surface area contributed by atoms with Crippen molar-refractivity contribution in [3.05, 3.63) is 113 Å². The average Bonchev–Trinajstić information content (AvgIpc) is 3.26. The Hall–Kier alpha value is -4.82. The molecule has 3 aromatic carbocycles. The van der Waals surface area contributed by atoms with Crippen LogP contribution in [-0.2, 0) is 14.3 Å². The van der Waals surface area contributed by atoms with Gasteiger partial charge in [-0.3, -0.25) is 19.4 Å². The predicted molar refractivity (Wildman–Crippen MR) is 159 cm³/mol. The van der Waals surface area contributed by atoms with E-state index in [1.807, 2.05) is 38.1 Å². The van der Waals surface area contributed by atoms with Gasteiger partial charge in [0.1, 0.15) is 5.57 Å². The molecular formula is C32H27N3O4S. The highest BCUT2D eigenvalue weighted by Crippen LogP contribution is 2.29. The highest BCUT2D eigenvalue weighted by molar-refractivity contribution is 7.80. The fourth-order valence-corrected chi connectivity index (χ4v) is 5.12. The third-order valence-electron chi connectivity index (χ3n) is 7.00. The van der Waals surface area contributed by atoms with Crippen LogP contribution in [0, 0.1) is 13.8 Å². The smallest absolute Gasteiger partial charge is 0.337 e. The van der Waals surface area contributed by atoms with Crippen LogP contribution in [0.1, 0.15) is 27.3 Å². The minimum Gasteiger partial charge on any atom is -0.465 e. The van der Waals surface area contributed by atoms with Gasteiger partial charge in [0.2, 0.25) is 0 Å². The number of anilines is 1. The van der Waals surface area contributed by atoms with Crippen LogP contribution >= 0.6 is 12.2 Å². The Bertz CT molecular complexity index is 1670. The number of thiocarbonyl (C=S) groups is 1. The molecule has 1 fully saturated rings. The second-order valence-electron chi connectivity index (χ2n) is 9.46. The Morgan fingerprint density at radius 3 is 2.05 bits per heavy atom. The van der Waals surface area contributed by atoms with Gasteiger partial charge >= 0.3 is 5.97 Å². The van der Waals surface area contributed by atoms with Gasteiger partial charge in [0.05, 0.1) is 18.4 Å². The van der Waals surface area contributed by atoms with Crippen LogP contribution in [0.25, 0.3) is 22.9 Å². The van der Waals surface area contributed by atoms with E-state index in [9.17, 15) is 14.4 Å². The van der Waals surface area contributed by atoms with E-state index in [-0.39, 0.29) is 10.7 Å². The Kier molecular flexibility index (Phi) is 7.19. The molecule has 0 saturated carbocycles. The Morgan fingerprint density at radius 1 is 0.825 bits per heavy atom. The standard InChI is InChI=1S/C32H27N3O4S/c1-20-18-25(21(2)34(20)26-14-10-23(11-15-26)22-8-6-5-7-9-22)19-28-29(36)33(3)32(40)35(30(28)37)27-16-12-24(13-17-27)31(38)39-4/h5-19H,1-4H3/b28-19-. The number of amides is 2. The summed E-state index contributed by atoms with van der Waals surface area (Å²) in [5.74, 6) is -1.50. The number of nitrogens with zero attached hydrogens (tertiary/aromatic N) is 3. The van der Waals surface area contributed by atoms with Crippen molar-refractivity contribution in [1.82, 2.24) is 9.47 Å². The molecule has 0 spiro atoms. The molecular weight excluding hydrogens is 522 g/mol. The second-order valence-corrected chi connectivity index (χ2v) is 9.82. The molecule has 1 saturated heterocycles. The van der Waals surface area contributed by atoms with Crippen molar-refractivity contribution in [3.8, 4) is 16.8 Å². The van der Waals surface area contributed by atoms with E-state index >= 15 is 0 Å². The highest BCUT2D eigenvalue weighted by Gasteiger charge is 2.38. The lowest BCUT2D eigenvalue weighted by atomic mass is 10.1. The monoisotopic (exact) mass is 549 g/mol. The molecule has 0 N–H and O–H groups in total. The van der Waals surface area contributed by atoms with Crippen molar-refractivity contribution in [2.24, 2.45) is 0 Å². The molecule has 4 aromatic rings. The fourth-order valence-electron chi connectivity index (χ4n) is 4.85. The molecule has 7 nitrogen and oxygen atoms in total. The molecule has 0 aliphatic carbocycles. The summed E-state index contributed by atoms with van der Waals surface area (Å²) in [5, 5.41) is 0.0574. The Morgan fingerprint density at radius 2 is 1.43 bits per heavy atom. The van der Waals surface area contributed by atoms with Gasteiger partial charge in [0.25, 0.3) is 11.8 Å². The normalized spacial score (nSPS) is 14.7. The number of carbonyl (C=O) groups excluding carboxylic acids is 3. The van der Waals surface area contributed by atoms with Crippen molar-refractivity contribution in [2.45, 2.75) is 13.8 Å². The molecule has 8 heteroatoms. The first-order valence-electron chi connectivity index (χ1n) is 12.6. The first-order valence-corrected chi connectivity index (χ1v) is 13.0. The van der Waals surface area contributed by atoms with E-state index < -0.39 is 17.8 Å². The number of esters is 1. The molecule has 200 valence electrons. The van der Waals surface area contributed by atoms with Crippen molar-refractivity contribution in [3.63, 3.8) is 0 Å². The van der Waals surface area contributed by atoms with Crippen LogP contribution in [0.4, 0.5) is 5.69 Å². The maximum absolute atomic E-state index is 13.6. The number of rotatable bonds is 5. The maximum atomic E-state index is 13.6. The first-order chi connectivity index (χ1) is 19.2. The highest BCUT2D eigenvalue weighted by atomic mass is 32.1. The molecule has 2 amide bonds. The number of likely N-dealkylation sites (N-methyl/N-ethyl adjacent to an activating group) is 1. The van der Waals surface area contributed by atoms with Crippen molar-refractivity contribution < 1.29 is 19.1 Å². The zero-order valence-electron chi connectivity index (χ0n) is 22.5. The lowest BCUT2D eigenvalue weighted by Crippen LogP contribution is -2.54. The summed E-state index contributed by atoms with van der Waals surface area (Å²) in [4.78, 5) is 41.3. The molecule has 0 bridgehead atoms. The van der Waals surface area contributed by atoms with Crippen LogP contribution in [0.2, 0.25) is 0 Å². The van der Waals surface area contributed by atoms with Crippen molar-refractivity contribution in [2.75, 3.05) is 19.1 Å². The predicted octanol–water partition coefficient (Wildman–Crippen LogP) is 5.72. The SMILES string of the molecule is COC(=O)c1ccc(N2C(=O)/C(=C\c3cc(C)n(-c4ccc(-c5ccccc5)cc4)c3C)C(=O)N(C)C2=S)cc1. The number of benzene rings is 3. The van der Waals surface area contributed by atoms with Gasteiger partial charge in [-0.15, -0.1) is 0 Å². The fraction of sp³-hybridized carbons (Fsp3) is 0.125. The molecule has 5 rings (SSSR count). The number of hydrogen-bond acceptors (Lipinski definition) is 5. The van der Waals surface area contributed by atoms with Crippen LogP contribution in [-0.4, -0.2) is 46.5 Å².